The summed E-state index contributed by atoms with van der Waals surface area (Å²) in [6.07, 6.45) is 1.12. The monoisotopic (exact) mass is 297 g/mol. The summed E-state index contributed by atoms with van der Waals surface area (Å²) in [4.78, 5) is 22.7. The normalized spacial score (nSPS) is 12.7. The highest BCUT2D eigenvalue weighted by Gasteiger charge is 2.16. The van der Waals surface area contributed by atoms with Crippen LogP contribution in [0, 0.1) is 0 Å². The molecule has 0 heterocycles. The number of carboxylic acid groups (broad SMARTS) is 1. The molecular weight excluding hydrogens is 282 g/mol. The van der Waals surface area contributed by atoms with E-state index in [1.54, 1.807) is 31.2 Å². The number of carbonyl (C=O) groups is 2. The Bertz CT molecular complexity index is 528. The maximum Gasteiger partial charge on any atom is 0.355 e. The van der Waals surface area contributed by atoms with E-state index in [2.05, 4.69) is 5.32 Å². The van der Waals surface area contributed by atoms with Crippen LogP contribution in [0.25, 0.3) is 0 Å². The Morgan fingerprint density at radius 1 is 1.50 bits per heavy atom. The average Bonchev–Trinajstić information content (AvgIpc) is 2.37. The molecule has 20 heavy (non-hydrogen) atoms. The number of rotatable bonds is 6. The van der Waals surface area contributed by atoms with Crippen LogP contribution in [0.15, 0.2) is 36.0 Å². The molecule has 1 aromatic carbocycles. The van der Waals surface area contributed by atoms with Gasteiger partial charge in [0.05, 0.1) is 12.2 Å². The summed E-state index contributed by atoms with van der Waals surface area (Å²) < 4.78 is 5.10. The second kappa shape index (κ2) is 7.55. The van der Waals surface area contributed by atoms with Crippen LogP contribution in [0.4, 0.5) is 5.69 Å². The Morgan fingerprint density at radius 2 is 2.20 bits per heavy atom. The summed E-state index contributed by atoms with van der Waals surface area (Å²) in [6, 6.07) is 6.60. The van der Waals surface area contributed by atoms with Crippen LogP contribution in [0.1, 0.15) is 20.3 Å². The Hall–Kier alpha value is -2.01. The van der Waals surface area contributed by atoms with Crippen molar-refractivity contribution in [1.82, 2.24) is 0 Å². The lowest BCUT2D eigenvalue weighted by Gasteiger charge is -2.14. The van der Waals surface area contributed by atoms with Crippen LogP contribution in [0.5, 0.6) is 0 Å². The molecule has 2 N–H and O–H groups in total. The molecule has 0 spiro atoms. The van der Waals surface area contributed by atoms with Crippen molar-refractivity contribution in [1.29, 1.82) is 0 Å². The third kappa shape index (κ3) is 5.32. The molecule has 0 aliphatic rings. The van der Waals surface area contributed by atoms with Gasteiger partial charge in [0.2, 0.25) is 0 Å². The zero-order valence-electron chi connectivity index (χ0n) is 11.2. The van der Waals surface area contributed by atoms with E-state index in [0.717, 1.165) is 6.08 Å². The standard InChI is InChI=1S/C14H16ClNO4/c1-3-9(2)20-14(19)12(8-13(17)18)16-11-6-4-5-10(15)7-11/h4-9,16H,3H2,1-2H3,(H,17,18). The first-order valence-electron chi connectivity index (χ1n) is 6.10. The molecule has 0 radical (unpaired) electrons. The molecule has 6 heteroatoms. The van der Waals surface area contributed by atoms with Gasteiger partial charge in [-0.25, -0.2) is 9.59 Å². The summed E-state index contributed by atoms with van der Waals surface area (Å²) >= 11 is 5.83. The van der Waals surface area contributed by atoms with E-state index < -0.39 is 11.9 Å². The van der Waals surface area contributed by atoms with Gasteiger partial charge in [-0.1, -0.05) is 24.6 Å². The van der Waals surface area contributed by atoms with Crippen molar-refractivity contribution in [3.63, 3.8) is 0 Å². The summed E-state index contributed by atoms with van der Waals surface area (Å²) in [7, 11) is 0. The number of carboxylic acids is 1. The fourth-order valence-electron chi connectivity index (χ4n) is 1.32. The Morgan fingerprint density at radius 3 is 2.75 bits per heavy atom. The predicted octanol–water partition coefficient (Wildman–Crippen LogP) is 3.06. The zero-order chi connectivity index (χ0) is 15.1. The first-order valence-corrected chi connectivity index (χ1v) is 6.48. The number of aliphatic carboxylic acids is 1. The van der Waals surface area contributed by atoms with Crippen molar-refractivity contribution in [2.24, 2.45) is 0 Å². The molecule has 0 saturated carbocycles. The molecule has 1 atom stereocenters. The summed E-state index contributed by atoms with van der Waals surface area (Å²) in [6.45, 7) is 3.60. The van der Waals surface area contributed by atoms with E-state index in [0.29, 0.717) is 17.1 Å². The van der Waals surface area contributed by atoms with E-state index in [1.165, 1.54) is 0 Å². The van der Waals surface area contributed by atoms with Gasteiger partial charge in [-0.2, -0.15) is 0 Å². The Balaban J connectivity index is 2.91. The van der Waals surface area contributed by atoms with Crippen LogP contribution in [0.3, 0.4) is 0 Å². The predicted molar refractivity (Wildman–Crippen MR) is 76.6 cm³/mol. The minimum absolute atomic E-state index is 0.153. The molecule has 5 nitrogen and oxygen atoms in total. The van der Waals surface area contributed by atoms with Gasteiger partial charge in [0.1, 0.15) is 5.70 Å². The Kier molecular flexibility index (Phi) is 6.06. The molecule has 1 rings (SSSR count). The lowest BCUT2D eigenvalue weighted by atomic mass is 10.3. The number of benzene rings is 1. The maximum atomic E-state index is 11.9. The SMILES string of the molecule is CCC(C)OC(=O)C(=CC(=O)O)Nc1cccc(Cl)c1. The van der Waals surface area contributed by atoms with Gasteiger partial charge in [0.25, 0.3) is 0 Å². The number of halogens is 1. The van der Waals surface area contributed by atoms with Gasteiger partial charge in [-0.3, -0.25) is 0 Å². The van der Waals surface area contributed by atoms with Gasteiger partial charge >= 0.3 is 11.9 Å². The van der Waals surface area contributed by atoms with Crippen molar-refractivity contribution < 1.29 is 19.4 Å². The first-order chi connectivity index (χ1) is 9.42. The zero-order valence-corrected chi connectivity index (χ0v) is 12.0. The van der Waals surface area contributed by atoms with Crippen LogP contribution in [0.2, 0.25) is 5.02 Å². The van der Waals surface area contributed by atoms with E-state index in [-0.39, 0.29) is 11.8 Å². The van der Waals surface area contributed by atoms with E-state index in [4.69, 9.17) is 21.4 Å². The highest BCUT2D eigenvalue weighted by atomic mass is 35.5. The summed E-state index contributed by atoms with van der Waals surface area (Å²) in [5, 5.41) is 12.0. The quantitative estimate of drug-likeness (QED) is 0.623. The van der Waals surface area contributed by atoms with Crippen molar-refractivity contribution in [3.05, 3.63) is 41.1 Å². The van der Waals surface area contributed by atoms with Crippen molar-refractivity contribution in [2.75, 3.05) is 5.32 Å². The molecule has 0 amide bonds. The van der Waals surface area contributed by atoms with Gasteiger partial charge in [-0.15, -0.1) is 0 Å². The largest absolute Gasteiger partial charge is 0.478 e. The van der Waals surface area contributed by atoms with Crippen molar-refractivity contribution >= 4 is 29.2 Å². The highest BCUT2D eigenvalue weighted by Crippen LogP contribution is 2.17. The molecule has 0 fully saturated rings. The van der Waals surface area contributed by atoms with Gasteiger partial charge in [-0.05, 0) is 31.5 Å². The fraction of sp³-hybridized carbons (Fsp3) is 0.286. The number of esters is 1. The number of anilines is 1. The fourth-order valence-corrected chi connectivity index (χ4v) is 1.51. The Labute approximate surface area is 122 Å². The second-order valence-electron chi connectivity index (χ2n) is 4.16. The summed E-state index contributed by atoms with van der Waals surface area (Å²) in [5.41, 5.74) is 0.353. The van der Waals surface area contributed by atoms with Gasteiger partial charge < -0.3 is 15.2 Å². The second-order valence-corrected chi connectivity index (χ2v) is 4.59. The van der Waals surface area contributed by atoms with Crippen LogP contribution in [-0.4, -0.2) is 23.1 Å². The number of hydrogen-bond acceptors (Lipinski definition) is 4. The third-order valence-corrected chi connectivity index (χ3v) is 2.71. The number of ether oxygens (including phenoxy) is 1. The molecule has 1 aromatic rings. The maximum absolute atomic E-state index is 11.9. The molecular formula is C14H16ClNO4. The molecule has 0 saturated heterocycles. The molecule has 108 valence electrons. The summed E-state index contributed by atoms with van der Waals surface area (Å²) in [5.74, 6) is -1.96. The van der Waals surface area contributed by atoms with Crippen LogP contribution < -0.4 is 5.32 Å². The average molecular weight is 298 g/mol. The van der Waals surface area contributed by atoms with E-state index >= 15 is 0 Å². The van der Waals surface area contributed by atoms with Crippen LogP contribution in [-0.2, 0) is 14.3 Å². The number of hydrogen-bond donors (Lipinski definition) is 2. The number of nitrogens with one attached hydrogen (secondary N) is 1. The highest BCUT2D eigenvalue weighted by molar-refractivity contribution is 6.30. The molecule has 0 bridgehead atoms. The minimum atomic E-state index is -1.24. The van der Waals surface area contributed by atoms with E-state index in [9.17, 15) is 9.59 Å². The van der Waals surface area contributed by atoms with Crippen molar-refractivity contribution in [2.45, 2.75) is 26.4 Å². The topological polar surface area (TPSA) is 75.6 Å². The lowest BCUT2D eigenvalue weighted by molar-refractivity contribution is -0.144. The van der Waals surface area contributed by atoms with Crippen molar-refractivity contribution in [3.8, 4) is 0 Å². The molecule has 0 aromatic heterocycles. The smallest absolute Gasteiger partial charge is 0.355 e. The van der Waals surface area contributed by atoms with E-state index in [1.807, 2.05) is 6.92 Å². The molecule has 0 aliphatic carbocycles. The molecule has 0 aliphatic heterocycles. The number of carbonyl (C=O) groups excluding carboxylic acids is 1. The third-order valence-electron chi connectivity index (χ3n) is 2.47. The van der Waals surface area contributed by atoms with Gasteiger partial charge in [0, 0.05) is 10.7 Å². The van der Waals surface area contributed by atoms with Gasteiger partial charge in [0.15, 0.2) is 0 Å². The lowest BCUT2D eigenvalue weighted by Crippen LogP contribution is -2.20. The molecule has 1 unspecified atom stereocenters. The van der Waals surface area contributed by atoms with Crippen LogP contribution >= 0.6 is 11.6 Å². The minimum Gasteiger partial charge on any atom is -0.478 e. The first kappa shape index (κ1) is 16.0.